The van der Waals surface area contributed by atoms with E-state index in [9.17, 15) is 4.79 Å². The van der Waals surface area contributed by atoms with Gasteiger partial charge in [0, 0.05) is 18.4 Å². The summed E-state index contributed by atoms with van der Waals surface area (Å²) >= 11 is 0. The normalized spacial score (nSPS) is 34.7. The molecule has 2 N–H and O–H groups in total. The minimum atomic E-state index is -0.197. The van der Waals surface area contributed by atoms with Gasteiger partial charge in [-0.15, -0.1) is 0 Å². The topological polar surface area (TPSA) is 49.3 Å². The molecule has 0 spiro atoms. The summed E-state index contributed by atoms with van der Waals surface area (Å²) in [4.78, 5) is 10.6. The van der Waals surface area contributed by atoms with Crippen LogP contribution in [-0.4, -0.2) is 24.2 Å². The second-order valence-electron chi connectivity index (χ2n) is 2.92. The summed E-state index contributed by atoms with van der Waals surface area (Å²) in [7, 11) is 0. The number of nitrogens with one attached hydrogen (secondary N) is 1. The Bertz CT molecular complexity index is 135. The van der Waals surface area contributed by atoms with Crippen LogP contribution in [-0.2, 0) is 4.79 Å². The quantitative estimate of drug-likeness (QED) is 0.501. The van der Waals surface area contributed by atoms with Crippen molar-refractivity contribution >= 4 is 5.91 Å². The van der Waals surface area contributed by atoms with Crippen molar-refractivity contribution in [3.63, 3.8) is 0 Å². The molecule has 0 aliphatic carbocycles. The third-order valence-corrected chi connectivity index (χ3v) is 1.68. The summed E-state index contributed by atoms with van der Waals surface area (Å²) in [6.07, 6.45) is 0.462. The lowest BCUT2D eigenvalue weighted by Gasteiger charge is -2.15. The molecule has 0 aromatic heterocycles. The first-order chi connectivity index (χ1) is 4.16. The number of carbonyl (C=O) groups is 1. The van der Waals surface area contributed by atoms with E-state index in [0.29, 0.717) is 13.0 Å². The summed E-state index contributed by atoms with van der Waals surface area (Å²) in [5.74, 6) is 0.0477. The molecule has 1 aliphatic heterocycles. The first-order valence-electron chi connectivity index (χ1n) is 3.04. The maximum Gasteiger partial charge on any atom is 0.220 e. The van der Waals surface area contributed by atoms with Crippen LogP contribution in [0.5, 0.6) is 0 Å². The molecule has 1 atom stereocenters. The Morgan fingerprint density at radius 1 is 1.89 bits per heavy atom. The largest absolute Gasteiger partial charge is 0.396 e. The monoisotopic (exact) mass is 129 g/mol. The maximum absolute atomic E-state index is 10.6. The lowest BCUT2D eigenvalue weighted by molar-refractivity contribution is -0.119. The average molecular weight is 129 g/mol. The Hall–Kier alpha value is -0.570. The number of aliphatic hydroxyl groups excluding tert-OH is 1. The molecule has 1 amide bonds. The Kier molecular flexibility index (Phi) is 1.45. The number of rotatable bonds is 1. The Balaban J connectivity index is 2.54. The highest BCUT2D eigenvalue weighted by atomic mass is 16.3. The molecule has 0 unspecified atom stereocenters. The predicted molar refractivity (Wildman–Crippen MR) is 32.8 cm³/mol. The number of hydrogen-bond acceptors (Lipinski definition) is 2. The van der Waals surface area contributed by atoms with Crippen LogP contribution >= 0.6 is 0 Å². The first-order valence-corrected chi connectivity index (χ1v) is 3.04. The van der Waals surface area contributed by atoms with E-state index in [1.807, 2.05) is 6.92 Å². The van der Waals surface area contributed by atoms with Gasteiger partial charge in [0.25, 0.3) is 0 Å². The molecule has 0 aromatic rings. The Morgan fingerprint density at radius 2 is 2.56 bits per heavy atom. The van der Waals surface area contributed by atoms with Crippen molar-refractivity contribution in [2.45, 2.75) is 13.3 Å². The molecule has 0 bridgehead atoms. The van der Waals surface area contributed by atoms with Crippen LogP contribution in [0.3, 0.4) is 0 Å². The lowest BCUT2D eigenvalue weighted by Crippen LogP contribution is -2.23. The van der Waals surface area contributed by atoms with Gasteiger partial charge in [0.15, 0.2) is 0 Å². The zero-order valence-electron chi connectivity index (χ0n) is 5.48. The maximum atomic E-state index is 10.6. The summed E-state index contributed by atoms with van der Waals surface area (Å²) in [5.41, 5.74) is -0.197. The van der Waals surface area contributed by atoms with Crippen LogP contribution in [0, 0.1) is 5.41 Å². The van der Waals surface area contributed by atoms with Crippen LogP contribution in [0.1, 0.15) is 13.3 Å². The van der Waals surface area contributed by atoms with E-state index in [0.717, 1.165) is 0 Å². The average Bonchev–Trinajstić information content (AvgIpc) is 2.13. The van der Waals surface area contributed by atoms with Gasteiger partial charge in [-0.2, -0.15) is 0 Å². The van der Waals surface area contributed by atoms with Crippen molar-refractivity contribution in [1.29, 1.82) is 0 Å². The van der Waals surface area contributed by atoms with E-state index in [1.54, 1.807) is 0 Å². The minimum absolute atomic E-state index is 0.0477. The number of amides is 1. The van der Waals surface area contributed by atoms with Gasteiger partial charge in [0.2, 0.25) is 5.91 Å². The zero-order chi connectivity index (χ0) is 6.91. The van der Waals surface area contributed by atoms with Gasteiger partial charge in [-0.05, 0) is 0 Å². The number of carbonyl (C=O) groups excluding carboxylic acids is 1. The molecular formula is C6H11NO2. The van der Waals surface area contributed by atoms with E-state index in [2.05, 4.69) is 5.32 Å². The van der Waals surface area contributed by atoms with E-state index >= 15 is 0 Å². The predicted octanol–water partition coefficient (Wildman–Crippen LogP) is -0.495. The fourth-order valence-corrected chi connectivity index (χ4v) is 0.936. The molecule has 1 rings (SSSR count). The van der Waals surface area contributed by atoms with Crippen molar-refractivity contribution in [3.8, 4) is 0 Å². The van der Waals surface area contributed by atoms with E-state index in [1.165, 1.54) is 0 Å². The fourth-order valence-electron chi connectivity index (χ4n) is 0.936. The third kappa shape index (κ3) is 1.21. The van der Waals surface area contributed by atoms with Crippen LogP contribution in [0.25, 0.3) is 0 Å². The highest BCUT2D eigenvalue weighted by Gasteiger charge is 2.32. The SMILES string of the molecule is C[C@]1(CO)CNC(=O)C1. The Morgan fingerprint density at radius 3 is 2.78 bits per heavy atom. The first kappa shape index (κ1) is 6.55. The lowest BCUT2D eigenvalue weighted by atomic mass is 9.91. The fraction of sp³-hybridized carbons (Fsp3) is 0.833. The smallest absolute Gasteiger partial charge is 0.220 e. The Labute approximate surface area is 54.1 Å². The van der Waals surface area contributed by atoms with Gasteiger partial charge in [0.1, 0.15) is 0 Å². The molecule has 52 valence electrons. The summed E-state index contributed by atoms with van der Waals surface area (Å²) < 4.78 is 0. The van der Waals surface area contributed by atoms with Crippen molar-refractivity contribution in [1.82, 2.24) is 5.32 Å². The summed E-state index contributed by atoms with van der Waals surface area (Å²) in [6.45, 7) is 2.60. The van der Waals surface area contributed by atoms with Gasteiger partial charge < -0.3 is 10.4 Å². The van der Waals surface area contributed by atoms with Crippen molar-refractivity contribution in [2.24, 2.45) is 5.41 Å². The molecule has 3 heteroatoms. The van der Waals surface area contributed by atoms with E-state index in [-0.39, 0.29) is 17.9 Å². The van der Waals surface area contributed by atoms with Crippen molar-refractivity contribution in [2.75, 3.05) is 13.2 Å². The van der Waals surface area contributed by atoms with Crippen LogP contribution in [0.15, 0.2) is 0 Å². The van der Waals surface area contributed by atoms with Gasteiger partial charge in [-0.3, -0.25) is 4.79 Å². The molecule has 3 nitrogen and oxygen atoms in total. The number of hydrogen-bond donors (Lipinski definition) is 2. The standard InChI is InChI=1S/C6H11NO2/c1-6(4-8)2-5(9)7-3-6/h8H,2-4H2,1H3,(H,7,9)/t6-/m1/s1. The second-order valence-corrected chi connectivity index (χ2v) is 2.92. The third-order valence-electron chi connectivity index (χ3n) is 1.68. The van der Waals surface area contributed by atoms with Crippen LogP contribution in [0.4, 0.5) is 0 Å². The molecule has 0 radical (unpaired) electrons. The molecule has 1 aliphatic rings. The van der Waals surface area contributed by atoms with E-state index < -0.39 is 0 Å². The molecule has 1 heterocycles. The van der Waals surface area contributed by atoms with Crippen LogP contribution in [0.2, 0.25) is 0 Å². The molecule has 1 saturated heterocycles. The van der Waals surface area contributed by atoms with Gasteiger partial charge in [0.05, 0.1) is 6.61 Å². The van der Waals surface area contributed by atoms with Crippen molar-refractivity contribution in [3.05, 3.63) is 0 Å². The minimum Gasteiger partial charge on any atom is -0.396 e. The molecule has 0 aromatic carbocycles. The number of aliphatic hydroxyl groups is 1. The highest BCUT2D eigenvalue weighted by molar-refractivity contribution is 5.79. The van der Waals surface area contributed by atoms with Gasteiger partial charge >= 0.3 is 0 Å². The molecular weight excluding hydrogens is 118 g/mol. The van der Waals surface area contributed by atoms with E-state index in [4.69, 9.17) is 5.11 Å². The zero-order valence-corrected chi connectivity index (χ0v) is 5.48. The molecule has 9 heavy (non-hydrogen) atoms. The van der Waals surface area contributed by atoms with Crippen LogP contribution < -0.4 is 5.32 Å². The molecule has 1 fully saturated rings. The molecule has 0 saturated carbocycles. The van der Waals surface area contributed by atoms with Gasteiger partial charge in [-0.1, -0.05) is 6.92 Å². The van der Waals surface area contributed by atoms with Crippen molar-refractivity contribution < 1.29 is 9.90 Å². The summed E-state index contributed by atoms with van der Waals surface area (Å²) in [6, 6.07) is 0. The second kappa shape index (κ2) is 1.99. The highest BCUT2D eigenvalue weighted by Crippen LogP contribution is 2.23. The van der Waals surface area contributed by atoms with Gasteiger partial charge in [-0.25, -0.2) is 0 Å². The summed E-state index contributed by atoms with van der Waals surface area (Å²) in [5, 5.41) is 11.4.